The second-order valence-corrected chi connectivity index (χ2v) is 5.75. The van der Waals surface area contributed by atoms with E-state index in [0.717, 1.165) is 12.8 Å². The minimum Gasteiger partial charge on any atom is -0.320 e. The van der Waals surface area contributed by atoms with E-state index >= 15 is 0 Å². The molecular weight excluding hydrogens is 258 g/mol. The van der Waals surface area contributed by atoms with Crippen LogP contribution in [0.2, 0.25) is 0 Å². The second-order valence-electron chi connectivity index (χ2n) is 3.08. The maximum Gasteiger partial charge on any atom is 0.148 e. The highest BCUT2D eigenvalue weighted by atomic mass is 33.1. The number of hydrogen-bond acceptors (Lipinski definition) is 7. The van der Waals surface area contributed by atoms with Crippen LogP contribution in [0.1, 0.15) is 13.3 Å². The quantitative estimate of drug-likeness (QED) is 0.246. The third-order valence-corrected chi connectivity index (χ3v) is 3.14. The zero-order valence-electron chi connectivity index (χ0n) is 10.9. The van der Waals surface area contributed by atoms with Crippen LogP contribution >= 0.6 is 21.6 Å². The fourth-order valence-electron chi connectivity index (χ4n) is 0.890. The summed E-state index contributed by atoms with van der Waals surface area (Å²) in [6.07, 6.45) is 5.56. The molecular formula is C10H23N3O2S2. The van der Waals surface area contributed by atoms with Crippen LogP contribution in [0.15, 0.2) is 0 Å². The Balaban J connectivity index is 0. The van der Waals surface area contributed by atoms with E-state index in [4.69, 9.17) is 0 Å². The van der Waals surface area contributed by atoms with E-state index in [1.54, 1.807) is 21.6 Å². The van der Waals surface area contributed by atoms with Gasteiger partial charge < -0.3 is 10.1 Å². The molecule has 0 amide bonds. The normalized spacial score (nSPS) is 11.3. The maximum absolute atomic E-state index is 11.0. The Hall–Kier alpha value is -0.0800. The van der Waals surface area contributed by atoms with Crippen LogP contribution in [0, 0.1) is 0 Å². The summed E-state index contributed by atoms with van der Waals surface area (Å²) >= 11 is 0. The molecule has 0 aliphatic carbocycles. The molecule has 0 aromatic rings. The van der Waals surface area contributed by atoms with Gasteiger partial charge in [-0.2, -0.15) is 0 Å². The minimum absolute atomic E-state index is 0.0636. The predicted molar refractivity (Wildman–Crippen MR) is 77.2 cm³/mol. The summed E-state index contributed by atoms with van der Waals surface area (Å²) in [7, 11) is 5.38. The van der Waals surface area contributed by atoms with Crippen molar-refractivity contribution in [2.24, 2.45) is 0 Å². The highest BCUT2D eigenvalue weighted by molar-refractivity contribution is 8.76. The molecule has 0 bridgehead atoms. The van der Waals surface area contributed by atoms with E-state index in [0.29, 0.717) is 6.42 Å². The SMILES string of the molecule is CNCC[C@H](NNCC=O)C(C)=O.CSSC. The van der Waals surface area contributed by atoms with Gasteiger partial charge in [0.25, 0.3) is 0 Å². The van der Waals surface area contributed by atoms with Gasteiger partial charge in [0.15, 0.2) is 0 Å². The van der Waals surface area contributed by atoms with Crippen molar-refractivity contribution in [1.82, 2.24) is 16.2 Å². The van der Waals surface area contributed by atoms with E-state index in [1.807, 2.05) is 7.05 Å². The van der Waals surface area contributed by atoms with Crippen molar-refractivity contribution in [2.75, 3.05) is 32.6 Å². The lowest BCUT2D eigenvalue weighted by Crippen LogP contribution is -2.46. The average Bonchev–Trinajstić information content (AvgIpc) is 2.33. The second kappa shape index (κ2) is 15.9. The summed E-state index contributed by atoms with van der Waals surface area (Å²) in [5.41, 5.74) is 5.44. The molecule has 0 saturated heterocycles. The van der Waals surface area contributed by atoms with Crippen LogP contribution in [0.25, 0.3) is 0 Å². The van der Waals surface area contributed by atoms with Gasteiger partial charge in [0.2, 0.25) is 0 Å². The molecule has 0 aromatic heterocycles. The molecule has 0 spiro atoms. The predicted octanol–water partition coefficient (Wildman–Crippen LogP) is 0.474. The number of hydrazine groups is 1. The lowest BCUT2D eigenvalue weighted by Gasteiger charge is -2.15. The number of ketones is 1. The number of carbonyl (C=O) groups is 2. The van der Waals surface area contributed by atoms with Gasteiger partial charge in [-0.3, -0.25) is 10.2 Å². The van der Waals surface area contributed by atoms with Crippen molar-refractivity contribution >= 4 is 33.7 Å². The van der Waals surface area contributed by atoms with Gasteiger partial charge in [0.1, 0.15) is 12.1 Å². The topological polar surface area (TPSA) is 70.2 Å². The number of aldehydes is 1. The van der Waals surface area contributed by atoms with Gasteiger partial charge in [-0.1, -0.05) is 21.6 Å². The molecule has 3 N–H and O–H groups in total. The first-order valence-corrected chi connectivity index (χ1v) is 8.24. The lowest BCUT2D eigenvalue weighted by atomic mass is 10.1. The average molecular weight is 281 g/mol. The van der Waals surface area contributed by atoms with E-state index < -0.39 is 0 Å². The van der Waals surface area contributed by atoms with Gasteiger partial charge in [-0.05, 0) is 39.4 Å². The number of rotatable bonds is 9. The zero-order chi connectivity index (χ0) is 13.5. The van der Waals surface area contributed by atoms with Gasteiger partial charge in [-0.25, -0.2) is 5.43 Å². The van der Waals surface area contributed by atoms with Crippen molar-refractivity contribution in [1.29, 1.82) is 0 Å². The van der Waals surface area contributed by atoms with E-state index in [2.05, 4.69) is 28.7 Å². The molecule has 0 radical (unpaired) electrons. The van der Waals surface area contributed by atoms with E-state index in [9.17, 15) is 9.59 Å². The number of nitrogens with one attached hydrogen (secondary N) is 3. The first-order valence-electron chi connectivity index (χ1n) is 5.27. The van der Waals surface area contributed by atoms with Crippen LogP contribution in [0.4, 0.5) is 0 Å². The first kappa shape index (κ1) is 19.3. The summed E-state index contributed by atoms with van der Waals surface area (Å²) in [5, 5.41) is 2.95. The van der Waals surface area contributed by atoms with E-state index in [1.165, 1.54) is 6.92 Å². The van der Waals surface area contributed by atoms with Crippen molar-refractivity contribution in [3.8, 4) is 0 Å². The Bertz CT molecular complexity index is 192. The minimum atomic E-state index is -0.229. The molecule has 0 heterocycles. The van der Waals surface area contributed by atoms with Crippen molar-refractivity contribution < 1.29 is 9.59 Å². The Morgan fingerprint density at radius 3 is 2.29 bits per heavy atom. The van der Waals surface area contributed by atoms with E-state index in [-0.39, 0.29) is 18.4 Å². The molecule has 1 atom stereocenters. The molecule has 0 aliphatic heterocycles. The lowest BCUT2D eigenvalue weighted by molar-refractivity contribution is -0.119. The largest absolute Gasteiger partial charge is 0.320 e. The molecule has 17 heavy (non-hydrogen) atoms. The molecule has 0 rings (SSSR count). The highest BCUT2D eigenvalue weighted by Crippen LogP contribution is 2.09. The molecule has 0 fully saturated rings. The number of hydrogen-bond donors (Lipinski definition) is 3. The molecule has 5 nitrogen and oxygen atoms in total. The molecule has 0 aromatic carbocycles. The Labute approximate surface area is 112 Å². The Morgan fingerprint density at radius 1 is 1.35 bits per heavy atom. The zero-order valence-corrected chi connectivity index (χ0v) is 12.5. The monoisotopic (exact) mass is 281 g/mol. The third-order valence-electron chi connectivity index (χ3n) is 1.80. The van der Waals surface area contributed by atoms with Crippen LogP contribution < -0.4 is 16.2 Å². The summed E-state index contributed by atoms with van der Waals surface area (Å²) in [6, 6.07) is -0.229. The van der Waals surface area contributed by atoms with Crippen molar-refractivity contribution in [3.63, 3.8) is 0 Å². The Kier molecular flexibility index (Phi) is 18.0. The van der Waals surface area contributed by atoms with Crippen LogP contribution in [-0.4, -0.2) is 50.8 Å². The summed E-state index contributed by atoms with van der Waals surface area (Å²) in [4.78, 5) is 21.0. The molecule has 0 unspecified atom stereocenters. The molecule has 102 valence electrons. The van der Waals surface area contributed by atoms with Gasteiger partial charge in [-0.15, -0.1) is 0 Å². The smallest absolute Gasteiger partial charge is 0.148 e. The van der Waals surface area contributed by atoms with Gasteiger partial charge >= 0.3 is 0 Å². The van der Waals surface area contributed by atoms with Crippen molar-refractivity contribution in [3.05, 3.63) is 0 Å². The third kappa shape index (κ3) is 15.9. The van der Waals surface area contributed by atoms with Gasteiger partial charge in [0.05, 0.1) is 12.6 Å². The molecule has 0 saturated carbocycles. The highest BCUT2D eigenvalue weighted by Gasteiger charge is 2.11. The fraction of sp³-hybridized carbons (Fsp3) is 0.800. The maximum atomic E-state index is 11.0. The Morgan fingerprint density at radius 2 is 1.94 bits per heavy atom. The summed E-state index contributed by atoms with van der Waals surface area (Å²) < 4.78 is 0. The standard InChI is InChI=1S/C8H17N3O2.C2H6S2/c1-7(13)8(3-4-9-2)11-10-5-6-12;1-3-4-2/h6,8-11H,3-5H2,1-2H3;1-2H3/t8-;/m0./s1. The number of carbonyl (C=O) groups excluding carboxylic acids is 2. The molecule has 7 heteroatoms. The van der Waals surface area contributed by atoms with Gasteiger partial charge in [0, 0.05) is 0 Å². The van der Waals surface area contributed by atoms with Crippen LogP contribution in [-0.2, 0) is 9.59 Å². The van der Waals surface area contributed by atoms with Crippen molar-refractivity contribution in [2.45, 2.75) is 19.4 Å². The fourth-order valence-corrected chi connectivity index (χ4v) is 0.890. The first-order chi connectivity index (χ1) is 8.13. The summed E-state index contributed by atoms with van der Waals surface area (Å²) in [6.45, 7) is 2.50. The van der Waals surface area contributed by atoms with Crippen LogP contribution in [0.5, 0.6) is 0 Å². The summed E-state index contributed by atoms with van der Waals surface area (Å²) in [5.74, 6) is 0.0636. The van der Waals surface area contributed by atoms with Crippen LogP contribution in [0.3, 0.4) is 0 Å². The molecule has 0 aliphatic rings. The number of Topliss-reactive ketones (excluding diaryl/α,β-unsaturated/α-hetero) is 1.